The van der Waals surface area contributed by atoms with Gasteiger partial charge in [-0.3, -0.25) is 55.3 Å². The molecule has 12 aromatic rings. The third kappa shape index (κ3) is 26.3. The van der Waals surface area contributed by atoms with Crippen LogP contribution in [0.4, 0.5) is 100 Å². The van der Waals surface area contributed by atoms with E-state index >= 15 is 0 Å². The van der Waals surface area contributed by atoms with Crippen molar-refractivity contribution in [3.05, 3.63) is 278 Å². The Morgan fingerprint density at radius 3 is 1.15 bits per heavy atom. The van der Waals surface area contributed by atoms with E-state index in [1.165, 1.54) is 117 Å². The second kappa shape index (κ2) is 39.6. The average molecular weight is 2060 g/mol. The molecule has 3 heterocycles. The molecule has 0 spiro atoms. The molecule has 0 unspecified atom stereocenters. The van der Waals surface area contributed by atoms with Crippen LogP contribution < -0.4 is 19.9 Å². The SMILES string of the molecule is Cc1cc(Br)c(N(S(C)(=O)=O)S(C)(=O)=O)cc1[N+](=O)[O-].Cc1cc(Br)c(N)cc1[N+](=O)[O-].Cc1cc(Br)c(NS(C)(=O)=O)cc1[N+](=O)[O-].Cc1cc2cc(-c3ccccc3C(F)(F)F)[nH]c2cc1[N+](=O)[O-].Cc1cc2cc(-c3ccccc3C(F)(F)F)n(C(=O)OC(C)(C)C)c2cc1N.Cc1cc2cc(-c3ccccc3C(F)(F)F)n(C(=O)OC(C)(C)C)c2cc1[N+](=O)[O-]. The Labute approximate surface area is 754 Å². The van der Waals surface area contributed by atoms with Gasteiger partial charge >= 0.3 is 30.7 Å². The second-order valence-electron chi connectivity index (χ2n) is 30.4. The van der Waals surface area contributed by atoms with E-state index in [-0.39, 0.29) is 92.8 Å². The molecular formula is C82H78Br3F9N12O20S3. The molecule has 0 atom stereocenters. The summed E-state index contributed by atoms with van der Waals surface area (Å²) in [7, 11) is -11.8. The fourth-order valence-electron chi connectivity index (χ4n) is 12.4. The molecule has 9 aromatic carbocycles. The highest BCUT2D eigenvalue weighted by Crippen LogP contribution is 2.45. The molecule has 0 radical (unpaired) electrons. The standard InChI is InChI=1S/C21H19F3N2O4.C21H21F3N2O2.C16H11F3N2O2.C9H11BrN2O6S2.C8H9BrN2O4S.C7H7BrN2O2/c1-12-9-13-10-18(14-7-5-6-8-15(14)21(22,23)24)25(19(27)30-20(2,3)4)17(13)11-16(12)26(28)29;1-12-9-13-10-18(14-7-5-6-8-15(14)21(22,23)24)26(17(13)11-16(12)25)19(27)28-20(2,3)4;1-9-6-10-7-14(20-13(10)8-15(9)21(22)23)11-4-2-3-5-12(11)16(17,18)19;1-6-4-7(10)9(5-8(6)11(13)14)12(19(2,15)16)20(3,17)18;1-5-3-6(9)7(10-16(2,14)15)4-8(5)11(12)13;1-4-2-5(8)6(9)3-7(4)10(11)12/h5-11H,1-4H3;5-11H,25H2,1-4H3;2-8,20H,1H3;4-5H,1-3H3;3-4,10H,1-2H3;2-3H,9H2,1H3. The van der Waals surface area contributed by atoms with E-state index in [1.807, 2.05) is 0 Å². The Morgan fingerprint density at radius 1 is 0.419 bits per heavy atom. The Kier molecular flexibility index (Phi) is 31.7. The van der Waals surface area contributed by atoms with Gasteiger partial charge in [-0.15, -0.1) is 0 Å². The van der Waals surface area contributed by atoms with Crippen LogP contribution in [0.25, 0.3) is 66.5 Å². The lowest BCUT2D eigenvalue weighted by atomic mass is 10.0. The van der Waals surface area contributed by atoms with Gasteiger partial charge in [0.1, 0.15) is 11.2 Å². The summed E-state index contributed by atoms with van der Waals surface area (Å²) < 4.78 is 206. The number of halogens is 12. The van der Waals surface area contributed by atoms with Gasteiger partial charge in [0, 0.05) is 116 Å². The third-order valence-electron chi connectivity index (χ3n) is 17.9. The number of rotatable bonds is 13. The second-order valence-corrected chi connectivity index (χ2v) is 38.7. The summed E-state index contributed by atoms with van der Waals surface area (Å²) in [5.41, 5.74) is 10.8. The fraction of sp³-hybridized carbons (Fsp3) is 0.244. The van der Waals surface area contributed by atoms with Crippen molar-refractivity contribution in [1.29, 1.82) is 0 Å². The zero-order valence-corrected chi connectivity index (χ0v) is 77.5. The number of H-pyrrole nitrogens is 1. The number of nitrogens with two attached hydrogens (primary N) is 2. The normalized spacial score (nSPS) is 11.8. The van der Waals surface area contributed by atoms with Crippen molar-refractivity contribution >= 4 is 174 Å². The predicted octanol–water partition coefficient (Wildman–Crippen LogP) is 23.1. The highest BCUT2D eigenvalue weighted by molar-refractivity contribution is 9.11. The zero-order chi connectivity index (χ0) is 97.7. The van der Waals surface area contributed by atoms with Gasteiger partial charge in [-0.05, 0) is 215 Å². The number of fused-ring (bicyclic) bond motifs is 3. The number of nitrogens with zero attached hydrogens (tertiary/aromatic N) is 8. The Balaban J connectivity index is 0.000000217. The van der Waals surface area contributed by atoms with Crippen LogP contribution >= 0.6 is 47.8 Å². The summed E-state index contributed by atoms with van der Waals surface area (Å²) in [6, 6.07) is 36.5. The van der Waals surface area contributed by atoms with Gasteiger partial charge in [0.2, 0.25) is 30.1 Å². The molecule has 32 nitrogen and oxygen atoms in total. The highest BCUT2D eigenvalue weighted by atomic mass is 79.9. The lowest BCUT2D eigenvalue weighted by Crippen LogP contribution is -2.35. The van der Waals surface area contributed by atoms with Crippen LogP contribution in [0.1, 0.15) is 91.6 Å². The minimum Gasteiger partial charge on any atom is -0.443 e. The summed E-state index contributed by atoms with van der Waals surface area (Å²) in [5.74, 6) is 0. The van der Waals surface area contributed by atoms with Crippen molar-refractivity contribution in [2.24, 2.45) is 0 Å². The summed E-state index contributed by atoms with van der Waals surface area (Å²) in [6.45, 7) is 19.5. The number of sulfonamides is 3. The number of nitro groups is 5. The van der Waals surface area contributed by atoms with Crippen LogP contribution in [-0.2, 0) is 58.1 Å². The first-order chi connectivity index (χ1) is 59.0. The van der Waals surface area contributed by atoms with E-state index in [4.69, 9.17) is 20.9 Å². The lowest BCUT2D eigenvalue weighted by Gasteiger charge is -2.21. The summed E-state index contributed by atoms with van der Waals surface area (Å²) in [6.07, 6.45) is -13.0. The summed E-state index contributed by atoms with van der Waals surface area (Å²) in [4.78, 5) is 80.2. The van der Waals surface area contributed by atoms with Crippen LogP contribution in [0.2, 0.25) is 0 Å². The molecule has 0 aliphatic rings. The number of aromatic nitrogens is 3. The van der Waals surface area contributed by atoms with Crippen LogP contribution in [0, 0.1) is 92.1 Å². The van der Waals surface area contributed by atoms with Crippen molar-refractivity contribution in [3.8, 4) is 33.8 Å². The minimum absolute atomic E-state index is 0.0107. The minimum atomic E-state index is -4.66. The Morgan fingerprint density at radius 2 is 0.752 bits per heavy atom. The van der Waals surface area contributed by atoms with Gasteiger partial charge in [-0.2, -0.15) is 43.2 Å². The number of alkyl halides is 9. The number of ether oxygens (including phenoxy) is 2. The first-order valence-electron chi connectivity index (χ1n) is 36.8. The topological polar surface area (TPSA) is 464 Å². The van der Waals surface area contributed by atoms with Crippen molar-refractivity contribution in [3.63, 3.8) is 0 Å². The number of hydrogen-bond donors (Lipinski definition) is 4. The largest absolute Gasteiger partial charge is 0.443 e. The summed E-state index contributed by atoms with van der Waals surface area (Å²) >= 11 is 9.34. The molecule has 12 rings (SSSR count). The van der Waals surface area contributed by atoms with Crippen LogP contribution in [0.5, 0.6) is 0 Å². The number of aromatic amines is 1. The molecule has 688 valence electrons. The van der Waals surface area contributed by atoms with Gasteiger partial charge in [0.15, 0.2) is 0 Å². The van der Waals surface area contributed by atoms with E-state index in [9.17, 15) is 125 Å². The van der Waals surface area contributed by atoms with Crippen molar-refractivity contribution in [1.82, 2.24) is 14.1 Å². The average Bonchev–Trinajstić information content (AvgIpc) is 1.63. The van der Waals surface area contributed by atoms with Gasteiger partial charge in [-0.25, -0.2) is 44.0 Å². The maximum atomic E-state index is 13.6. The van der Waals surface area contributed by atoms with Gasteiger partial charge in [0.05, 0.1) is 105 Å². The van der Waals surface area contributed by atoms with E-state index in [0.29, 0.717) is 82.3 Å². The predicted molar refractivity (Wildman–Crippen MR) is 480 cm³/mol. The number of nitrogens with one attached hydrogen (secondary N) is 2. The zero-order valence-electron chi connectivity index (χ0n) is 70.2. The number of nitrogen functional groups attached to an aromatic ring is 2. The smallest absolute Gasteiger partial charge is 0.419 e. The lowest BCUT2D eigenvalue weighted by molar-refractivity contribution is -0.385. The molecule has 3 aromatic heterocycles. The molecule has 129 heavy (non-hydrogen) atoms. The third-order valence-corrected chi connectivity index (χ3v) is 23.7. The van der Waals surface area contributed by atoms with E-state index in [0.717, 1.165) is 45.2 Å². The molecule has 0 saturated carbocycles. The Bertz CT molecular complexity index is 6800. The van der Waals surface area contributed by atoms with Crippen LogP contribution in [-0.4, -0.2) is 106 Å². The number of nitro benzene ring substituents is 5. The maximum absolute atomic E-state index is 13.6. The number of benzene rings is 9. The number of aryl methyl sites for hydroxylation is 6. The van der Waals surface area contributed by atoms with Crippen molar-refractivity contribution in [2.45, 2.75) is 113 Å². The monoisotopic (exact) mass is 2050 g/mol. The van der Waals surface area contributed by atoms with Gasteiger partial charge in [0.25, 0.3) is 28.4 Å². The molecule has 0 fully saturated rings. The van der Waals surface area contributed by atoms with E-state index < -0.39 is 113 Å². The molecule has 0 aliphatic carbocycles. The maximum Gasteiger partial charge on any atom is 0.419 e. The molecule has 6 N–H and O–H groups in total. The van der Waals surface area contributed by atoms with Crippen LogP contribution in [0.15, 0.2) is 177 Å². The number of anilines is 4. The van der Waals surface area contributed by atoms with E-state index in [2.05, 4.69) is 57.5 Å². The molecule has 0 aliphatic heterocycles. The van der Waals surface area contributed by atoms with Gasteiger partial charge < -0.3 is 25.9 Å². The first-order valence-corrected chi connectivity index (χ1v) is 44.7. The Hall–Kier alpha value is -12.6. The molecule has 0 bridgehead atoms. The molecule has 0 amide bonds. The number of carbonyl (C=O) groups is 2. The van der Waals surface area contributed by atoms with Crippen molar-refractivity contribution in [2.75, 3.05) is 38.7 Å². The van der Waals surface area contributed by atoms with Gasteiger partial charge in [-0.1, -0.05) is 54.6 Å². The van der Waals surface area contributed by atoms with Crippen LogP contribution in [0.3, 0.4) is 0 Å². The molecule has 0 saturated heterocycles. The molecule has 47 heteroatoms. The fourth-order valence-corrected chi connectivity index (χ4v) is 18.0. The van der Waals surface area contributed by atoms with E-state index in [1.54, 1.807) is 106 Å². The first kappa shape index (κ1) is 103. The number of hydrogen-bond acceptors (Lipinski definition) is 22. The summed E-state index contributed by atoms with van der Waals surface area (Å²) in [5, 5.41) is 55.9. The highest BCUT2D eigenvalue weighted by Gasteiger charge is 2.39. The van der Waals surface area contributed by atoms with Crippen molar-refractivity contribution < 1.29 is 108 Å². The molecular weight excluding hydrogens is 1980 g/mol. The quantitative estimate of drug-likeness (QED) is 0.0360. The number of carbonyl (C=O) groups excluding carboxylic acids is 2.